The lowest BCUT2D eigenvalue weighted by Crippen LogP contribution is -2.29. The van der Waals surface area contributed by atoms with Crippen molar-refractivity contribution in [3.63, 3.8) is 0 Å². The van der Waals surface area contributed by atoms with Gasteiger partial charge in [0.25, 0.3) is 0 Å². The molecular weight excluding hydrogens is 271 g/mol. The van der Waals surface area contributed by atoms with Crippen molar-refractivity contribution in [1.29, 1.82) is 0 Å². The second-order valence-corrected chi connectivity index (χ2v) is 5.32. The highest BCUT2D eigenvalue weighted by Crippen LogP contribution is 2.38. The van der Waals surface area contributed by atoms with E-state index in [0.29, 0.717) is 22.4 Å². The molecule has 0 aliphatic rings. The van der Waals surface area contributed by atoms with Gasteiger partial charge in [0.1, 0.15) is 11.6 Å². The van der Waals surface area contributed by atoms with E-state index < -0.39 is 17.2 Å². The van der Waals surface area contributed by atoms with Gasteiger partial charge in [0, 0.05) is 5.56 Å². The Bertz CT molecular complexity index is 677. The lowest BCUT2D eigenvalue weighted by atomic mass is 9.80. The van der Waals surface area contributed by atoms with E-state index in [1.165, 1.54) is 25.3 Å². The van der Waals surface area contributed by atoms with Crippen molar-refractivity contribution in [3.05, 3.63) is 53.8 Å². The van der Waals surface area contributed by atoms with E-state index in [1.54, 1.807) is 38.1 Å². The van der Waals surface area contributed by atoms with Crippen molar-refractivity contribution in [3.8, 4) is 16.9 Å². The Kier molecular flexibility index (Phi) is 3.98. The van der Waals surface area contributed by atoms with Crippen molar-refractivity contribution in [2.75, 3.05) is 7.11 Å². The Morgan fingerprint density at radius 2 is 1.81 bits per heavy atom. The van der Waals surface area contributed by atoms with Crippen molar-refractivity contribution in [1.82, 2.24) is 0 Å². The van der Waals surface area contributed by atoms with Crippen LogP contribution >= 0.6 is 0 Å². The van der Waals surface area contributed by atoms with Crippen LogP contribution in [0.3, 0.4) is 0 Å². The summed E-state index contributed by atoms with van der Waals surface area (Å²) in [6, 6.07) is 11.3. The molecule has 0 saturated carbocycles. The normalized spacial score (nSPS) is 11.2. The van der Waals surface area contributed by atoms with E-state index in [1.807, 2.05) is 0 Å². The fourth-order valence-corrected chi connectivity index (χ4v) is 2.27. The molecule has 0 atom stereocenters. The molecule has 2 aromatic carbocycles. The van der Waals surface area contributed by atoms with Gasteiger partial charge >= 0.3 is 5.97 Å². The second-order valence-electron chi connectivity index (χ2n) is 5.32. The van der Waals surface area contributed by atoms with E-state index >= 15 is 0 Å². The maximum absolute atomic E-state index is 13.6. The highest BCUT2D eigenvalue weighted by atomic mass is 19.1. The molecule has 3 nitrogen and oxygen atoms in total. The predicted molar refractivity (Wildman–Crippen MR) is 79.0 cm³/mol. The predicted octanol–water partition coefficient (Wildman–Crippen LogP) is 3.86. The molecule has 2 rings (SSSR count). The van der Waals surface area contributed by atoms with Gasteiger partial charge in [-0.2, -0.15) is 0 Å². The number of carboxylic acid groups (broad SMARTS) is 1. The highest BCUT2D eigenvalue weighted by Gasteiger charge is 2.32. The van der Waals surface area contributed by atoms with Crippen molar-refractivity contribution in [2.45, 2.75) is 19.3 Å². The minimum absolute atomic E-state index is 0.395. The fourth-order valence-electron chi connectivity index (χ4n) is 2.27. The first-order valence-corrected chi connectivity index (χ1v) is 6.54. The number of halogens is 1. The molecule has 0 heterocycles. The summed E-state index contributed by atoms with van der Waals surface area (Å²) in [6.45, 7) is 3.25. The van der Waals surface area contributed by atoms with Crippen LogP contribution in [-0.4, -0.2) is 18.2 Å². The third-order valence-electron chi connectivity index (χ3n) is 3.59. The molecule has 0 aromatic heterocycles. The van der Waals surface area contributed by atoms with Crippen LogP contribution in [0, 0.1) is 5.82 Å². The van der Waals surface area contributed by atoms with Crippen molar-refractivity contribution in [2.24, 2.45) is 0 Å². The minimum Gasteiger partial charge on any atom is -0.496 e. The molecule has 0 unspecified atom stereocenters. The van der Waals surface area contributed by atoms with Crippen LogP contribution in [-0.2, 0) is 10.2 Å². The number of carboxylic acids is 1. The van der Waals surface area contributed by atoms with Crippen LogP contribution in [0.15, 0.2) is 42.5 Å². The van der Waals surface area contributed by atoms with Crippen LogP contribution in [0.1, 0.15) is 19.4 Å². The molecule has 110 valence electrons. The van der Waals surface area contributed by atoms with E-state index in [-0.39, 0.29) is 0 Å². The number of ether oxygens (including phenoxy) is 1. The molecule has 0 saturated heterocycles. The lowest BCUT2D eigenvalue weighted by molar-refractivity contribution is -0.142. The van der Waals surface area contributed by atoms with Crippen molar-refractivity contribution < 1.29 is 19.0 Å². The standard InChI is InChI=1S/C17H17FO3/c1-17(2,16(19)20)14-7-5-4-6-12(14)13-10-11(18)8-9-15(13)21-3/h4-10H,1-3H3,(H,19,20). The molecular formula is C17H17FO3. The Balaban J connectivity index is 2.72. The van der Waals surface area contributed by atoms with E-state index in [2.05, 4.69) is 0 Å². The van der Waals surface area contributed by atoms with Gasteiger partial charge in [0.05, 0.1) is 12.5 Å². The summed E-state index contributed by atoms with van der Waals surface area (Å²) in [5.41, 5.74) is 0.721. The molecule has 0 bridgehead atoms. The SMILES string of the molecule is COc1ccc(F)cc1-c1ccccc1C(C)(C)C(=O)O. The minimum atomic E-state index is -1.09. The Hall–Kier alpha value is -2.36. The van der Waals surface area contributed by atoms with Crippen LogP contribution in [0.5, 0.6) is 5.75 Å². The molecule has 2 aromatic rings. The van der Waals surface area contributed by atoms with Gasteiger partial charge in [0.2, 0.25) is 0 Å². The van der Waals surface area contributed by atoms with E-state index in [4.69, 9.17) is 4.74 Å². The summed E-state index contributed by atoms with van der Waals surface area (Å²) >= 11 is 0. The van der Waals surface area contributed by atoms with Crippen LogP contribution in [0.4, 0.5) is 4.39 Å². The number of carbonyl (C=O) groups is 1. The average molecular weight is 288 g/mol. The first-order chi connectivity index (χ1) is 9.87. The number of hydrogen-bond donors (Lipinski definition) is 1. The molecule has 0 fully saturated rings. The number of aliphatic carboxylic acids is 1. The summed E-state index contributed by atoms with van der Waals surface area (Å²) in [7, 11) is 1.50. The number of hydrogen-bond acceptors (Lipinski definition) is 2. The van der Waals surface area contributed by atoms with Crippen LogP contribution in [0.25, 0.3) is 11.1 Å². The zero-order chi connectivity index (χ0) is 15.6. The molecule has 0 aliphatic heterocycles. The van der Waals surface area contributed by atoms with Gasteiger partial charge in [-0.3, -0.25) is 4.79 Å². The van der Waals surface area contributed by atoms with Crippen LogP contribution in [0.2, 0.25) is 0 Å². The third kappa shape index (κ3) is 2.75. The summed E-state index contributed by atoms with van der Waals surface area (Å²) in [5.74, 6) is -0.830. The zero-order valence-electron chi connectivity index (χ0n) is 12.2. The summed E-state index contributed by atoms with van der Waals surface area (Å²) in [5, 5.41) is 9.44. The fraction of sp³-hybridized carbons (Fsp3) is 0.235. The summed E-state index contributed by atoms with van der Waals surface area (Å²) < 4.78 is 18.9. The van der Waals surface area contributed by atoms with Gasteiger partial charge in [-0.05, 0) is 43.2 Å². The number of methoxy groups -OCH3 is 1. The summed E-state index contributed by atoms with van der Waals surface area (Å²) in [4.78, 5) is 11.5. The molecule has 0 amide bonds. The maximum Gasteiger partial charge on any atom is 0.313 e. The van der Waals surface area contributed by atoms with Gasteiger partial charge in [0.15, 0.2) is 0 Å². The zero-order valence-corrected chi connectivity index (χ0v) is 12.2. The monoisotopic (exact) mass is 288 g/mol. The first-order valence-electron chi connectivity index (χ1n) is 6.54. The van der Waals surface area contributed by atoms with Crippen molar-refractivity contribution >= 4 is 5.97 Å². The quantitative estimate of drug-likeness (QED) is 0.929. The van der Waals surface area contributed by atoms with Gasteiger partial charge in [-0.1, -0.05) is 24.3 Å². The lowest BCUT2D eigenvalue weighted by Gasteiger charge is -2.24. The van der Waals surface area contributed by atoms with E-state index in [0.717, 1.165) is 0 Å². The van der Waals surface area contributed by atoms with Gasteiger partial charge in [-0.25, -0.2) is 4.39 Å². The highest BCUT2D eigenvalue weighted by molar-refractivity contribution is 5.85. The topological polar surface area (TPSA) is 46.5 Å². The molecule has 21 heavy (non-hydrogen) atoms. The molecule has 0 spiro atoms. The smallest absolute Gasteiger partial charge is 0.313 e. The third-order valence-corrected chi connectivity index (χ3v) is 3.59. The first kappa shape index (κ1) is 15.0. The van der Waals surface area contributed by atoms with Gasteiger partial charge < -0.3 is 9.84 Å². The average Bonchev–Trinajstić information content (AvgIpc) is 2.47. The number of rotatable bonds is 4. The van der Waals surface area contributed by atoms with Gasteiger partial charge in [-0.15, -0.1) is 0 Å². The number of benzene rings is 2. The largest absolute Gasteiger partial charge is 0.496 e. The Morgan fingerprint density at radius 1 is 1.14 bits per heavy atom. The maximum atomic E-state index is 13.6. The molecule has 1 N–H and O–H groups in total. The van der Waals surface area contributed by atoms with E-state index in [9.17, 15) is 14.3 Å². The Labute approximate surface area is 123 Å². The summed E-state index contributed by atoms with van der Waals surface area (Å²) in [6.07, 6.45) is 0. The molecule has 4 heteroatoms. The van der Waals surface area contributed by atoms with Crippen LogP contribution < -0.4 is 4.74 Å². The molecule has 0 radical (unpaired) electrons. The molecule has 0 aliphatic carbocycles. The Morgan fingerprint density at radius 3 is 2.43 bits per heavy atom. The second kappa shape index (κ2) is 5.56.